The second-order valence-corrected chi connectivity index (χ2v) is 4.45. The molecule has 0 amide bonds. The molecule has 0 spiro atoms. The first kappa shape index (κ1) is 13.2. The summed E-state index contributed by atoms with van der Waals surface area (Å²) in [6, 6.07) is 2.12. The molecule has 0 fully saturated rings. The first-order valence-electron chi connectivity index (χ1n) is 6.35. The van der Waals surface area contributed by atoms with Gasteiger partial charge in [-0.05, 0) is 25.3 Å². The average Bonchev–Trinajstić information content (AvgIpc) is 2.70. The van der Waals surface area contributed by atoms with Gasteiger partial charge < -0.3 is 5.11 Å². The van der Waals surface area contributed by atoms with Gasteiger partial charge in [-0.25, -0.2) is 0 Å². The zero-order valence-electron chi connectivity index (χ0n) is 10.9. The van der Waals surface area contributed by atoms with Crippen LogP contribution < -0.4 is 0 Å². The summed E-state index contributed by atoms with van der Waals surface area (Å²) in [4.78, 5) is 0. The van der Waals surface area contributed by atoms with E-state index in [1.165, 1.54) is 0 Å². The Kier molecular flexibility index (Phi) is 5.00. The smallest absolute Gasteiger partial charge is 0.0624 e. The average molecular weight is 224 g/mol. The fourth-order valence-electron chi connectivity index (χ4n) is 1.81. The summed E-state index contributed by atoms with van der Waals surface area (Å²) < 4.78 is 2.00. The van der Waals surface area contributed by atoms with Crippen LogP contribution in [-0.4, -0.2) is 21.0 Å². The quantitative estimate of drug-likeness (QED) is 0.806. The van der Waals surface area contributed by atoms with Crippen LogP contribution in [0.15, 0.2) is 6.07 Å². The Morgan fingerprint density at radius 1 is 1.38 bits per heavy atom. The van der Waals surface area contributed by atoms with Crippen molar-refractivity contribution in [3.63, 3.8) is 0 Å². The molecule has 92 valence electrons. The van der Waals surface area contributed by atoms with Crippen LogP contribution in [-0.2, 0) is 19.4 Å². The van der Waals surface area contributed by atoms with Crippen LogP contribution >= 0.6 is 0 Å². The minimum Gasteiger partial charge on any atom is -0.392 e. The van der Waals surface area contributed by atoms with Crippen LogP contribution in [0, 0.1) is 5.92 Å². The van der Waals surface area contributed by atoms with Gasteiger partial charge in [0.25, 0.3) is 0 Å². The van der Waals surface area contributed by atoms with Crippen molar-refractivity contribution in [1.29, 1.82) is 0 Å². The lowest BCUT2D eigenvalue weighted by molar-refractivity contribution is 0.112. The Morgan fingerprint density at radius 2 is 2.06 bits per heavy atom. The summed E-state index contributed by atoms with van der Waals surface area (Å²) in [7, 11) is 0. The maximum atomic E-state index is 10.0. The Hall–Kier alpha value is -0.830. The number of aromatic nitrogens is 2. The van der Waals surface area contributed by atoms with E-state index in [2.05, 4.69) is 38.9 Å². The molecule has 0 radical (unpaired) electrons. The maximum absolute atomic E-state index is 10.0. The Bertz CT molecular complexity index is 320. The second-order valence-electron chi connectivity index (χ2n) is 4.45. The predicted octanol–water partition coefficient (Wildman–Crippen LogP) is 2.41. The maximum Gasteiger partial charge on any atom is 0.0624 e. The second kappa shape index (κ2) is 6.04. The van der Waals surface area contributed by atoms with Gasteiger partial charge in [-0.1, -0.05) is 27.2 Å². The molecule has 0 aliphatic carbocycles. The van der Waals surface area contributed by atoms with E-state index < -0.39 is 0 Å². The lowest BCUT2D eigenvalue weighted by atomic mass is 9.98. The molecule has 0 aliphatic rings. The van der Waals surface area contributed by atoms with Crippen LogP contribution in [0.2, 0.25) is 0 Å². The highest BCUT2D eigenvalue weighted by molar-refractivity contribution is 5.11. The third-order valence-electron chi connectivity index (χ3n) is 3.29. The number of hydrogen-bond donors (Lipinski definition) is 1. The van der Waals surface area contributed by atoms with E-state index in [1.54, 1.807) is 0 Å². The van der Waals surface area contributed by atoms with E-state index in [0.29, 0.717) is 5.92 Å². The number of aryl methyl sites for hydroxylation is 2. The van der Waals surface area contributed by atoms with E-state index >= 15 is 0 Å². The Balaban J connectivity index is 2.75. The van der Waals surface area contributed by atoms with Gasteiger partial charge in [-0.3, -0.25) is 4.68 Å². The van der Waals surface area contributed by atoms with Crippen LogP contribution in [0.4, 0.5) is 0 Å². The first-order valence-corrected chi connectivity index (χ1v) is 6.35. The van der Waals surface area contributed by atoms with Crippen molar-refractivity contribution in [1.82, 2.24) is 9.78 Å². The number of hydrogen-bond acceptors (Lipinski definition) is 2. The summed E-state index contributed by atoms with van der Waals surface area (Å²) >= 11 is 0. The molecule has 1 N–H and O–H groups in total. The number of aliphatic hydroxyl groups excluding tert-OH is 1. The highest BCUT2D eigenvalue weighted by Gasteiger charge is 2.16. The van der Waals surface area contributed by atoms with Crippen molar-refractivity contribution >= 4 is 0 Å². The molecule has 0 aliphatic heterocycles. The topological polar surface area (TPSA) is 38.0 Å². The molecule has 1 aromatic rings. The molecule has 0 bridgehead atoms. The molecule has 0 saturated heterocycles. The molecule has 1 rings (SSSR count). The van der Waals surface area contributed by atoms with E-state index in [9.17, 15) is 5.11 Å². The zero-order chi connectivity index (χ0) is 12.1. The SMILES string of the molecule is CCc1cc(CC(O)C(C)CC)n(CC)n1. The lowest BCUT2D eigenvalue weighted by Gasteiger charge is -2.17. The standard InChI is InChI=1S/C13H24N2O/c1-5-10(4)13(16)9-12-8-11(6-2)14-15(12)7-3/h8,10,13,16H,5-7,9H2,1-4H3. The van der Waals surface area contributed by atoms with E-state index in [4.69, 9.17) is 0 Å². The lowest BCUT2D eigenvalue weighted by Crippen LogP contribution is -2.21. The van der Waals surface area contributed by atoms with Crippen molar-refractivity contribution in [2.45, 2.75) is 59.6 Å². The van der Waals surface area contributed by atoms with Crippen LogP contribution in [0.5, 0.6) is 0 Å². The van der Waals surface area contributed by atoms with E-state index in [1.807, 2.05) is 4.68 Å². The Labute approximate surface area is 98.5 Å². The summed E-state index contributed by atoms with van der Waals surface area (Å²) in [5.74, 6) is 0.352. The van der Waals surface area contributed by atoms with Crippen molar-refractivity contribution in [3.05, 3.63) is 17.5 Å². The van der Waals surface area contributed by atoms with Gasteiger partial charge in [0, 0.05) is 18.7 Å². The fourth-order valence-corrected chi connectivity index (χ4v) is 1.81. The van der Waals surface area contributed by atoms with Crippen molar-refractivity contribution in [3.8, 4) is 0 Å². The number of aliphatic hydroxyl groups is 1. The highest BCUT2D eigenvalue weighted by atomic mass is 16.3. The molecule has 16 heavy (non-hydrogen) atoms. The molecule has 2 unspecified atom stereocenters. The molecule has 1 heterocycles. The molecule has 3 heteroatoms. The number of rotatable bonds is 6. The minimum atomic E-state index is -0.253. The molecular formula is C13H24N2O. The molecular weight excluding hydrogens is 200 g/mol. The first-order chi connectivity index (χ1) is 7.62. The van der Waals surface area contributed by atoms with Gasteiger partial charge in [-0.2, -0.15) is 5.10 Å². The third-order valence-corrected chi connectivity index (χ3v) is 3.29. The summed E-state index contributed by atoms with van der Waals surface area (Å²) in [5.41, 5.74) is 2.28. The van der Waals surface area contributed by atoms with Gasteiger partial charge in [0.2, 0.25) is 0 Å². The van der Waals surface area contributed by atoms with Gasteiger partial charge in [0.1, 0.15) is 0 Å². The van der Waals surface area contributed by atoms with Gasteiger partial charge in [0.05, 0.1) is 11.8 Å². The fraction of sp³-hybridized carbons (Fsp3) is 0.769. The monoisotopic (exact) mass is 224 g/mol. The van der Waals surface area contributed by atoms with Crippen molar-refractivity contribution in [2.24, 2.45) is 5.92 Å². The molecule has 1 aromatic heterocycles. The summed E-state index contributed by atoms with van der Waals surface area (Å²) in [5, 5.41) is 14.5. The summed E-state index contributed by atoms with van der Waals surface area (Å²) in [6.07, 6.45) is 2.44. The normalized spacial score (nSPS) is 15.1. The summed E-state index contributed by atoms with van der Waals surface area (Å²) in [6.45, 7) is 9.28. The zero-order valence-corrected chi connectivity index (χ0v) is 10.9. The largest absolute Gasteiger partial charge is 0.392 e. The molecule has 0 aromatic carbocycles. The Morgan fingerprint density at radius 3 is 2.56 bits per heavy atom. The van der Waals surface area contributed by atoms with E-state index in [0.717, 1.165) is 37.2 Å². The van der Waals surface area contributed by atoms with Crippen LogP contribution in [0.1, 0.15) is 45.5 Å². The van der Waals surface area contributed by atoms with Gasteiger partial charge >= 0.3 is 0 Å². The predicted molar refractivity (Wildman–Crippen MR) is 66.4 cm³/mol. The van der Waals surface area contributed by atoms with Gasteiger partial charge in [-0.15, -0.1) is 0 Å². The third kappa shape index (κ3) is 3.08. The van der Waals surface area contributed by atoms with Crippen LogP contribution in [0.25, 0.3) is 0 Å². The van der Waals surface area contributed by atoms with Crippen molar-refractivity contribution < 1.29 is 5.11 Å². The van der Waals surface area contributed by atoms with Gasteiger partial charge in [0.15, 0.2) is 0 Å². The number of nitrogens with zero attached hydrogens (tertiary/aromatic N) is 2. The van der Waals surface area contributed by atoms with Crippen molar-refractivity contribution in [2.75, 3.05) is 0 Å². The molecule has 3 nitrogen and oxygen atoms in total. The molecule has 2 atom stereocenters. The van der Waals surface area contributed by atoms with E-state index in [-0.39, 0.29) is 6.10 Å². The molecule has 0 saturated carbocycles. The minimum absolute atomic E-state index is 0.253. The van der Waals surface area contributed by atoms with Crippen LogP contribution in [0.3, 0.4) is 0 Å². The highest BCUT2D eigenvalue weighted by Crippen LogP contribution is 2.15.